The van der Waals surface area contributed by atoms with Crippen LogP contribution in [0.2, 0.25) is 0 Å². The number of carboxylic acid groups (broad SMARTS) is 1. The van der Waals surface area contributed by atoms with Gasteiger partial charge < -0.3 is 14.4 Å². The van der Waals surface area contributed by atoms with Gasteiger partial charge in [0.05, 0.1) is 0 Å². The third kappa shape index (κ3) is 2.34. The molecule has 5 heteroatoms. The minimum atomic E-state index is -0.992. The zero-order valence-electron chi connectivity index (χ0n) is 10.3. The van der Waals surface area contributed by atoms with Gasteiger partial charge in [0.25, 0.3) is 0 Å². The van der Waals surface area contributed by atoms with E-state index in [9.17, 15) is 4.79 Å². The summed E-state index contributed by atoms with van der Waals surface area (Å²) in [7, 11) is 1.86. The normalized spacial score (nSPS) is 10.3. The number of nitrogens with zero attached hydrogens (tertiary/aromatic N) is 2. The molecule has 18 heavy (non-hydrogen) atoms. The highest BCUT2D eigenvalue weighted by Gasteiger charge is 2.14. The summed E-state index contributed by atoms with van der Waals surface area (Å²) in [4.78, 5) is 15.2. The van der Waals surface area contributed by atoms with E-state index in [4.69, 9.17) is 9.84 Å². The molecule has 0 radical (unpaired) electrons. The fraction of sp³-hybridized carbons (Fsp3) is 0.231. The van der Waals surface area contributed by atoms with Gasteiger partial charge in [-0.1, -0.05) is 12.1 Å². The van der Waals surface area contributed by atoms with Crippen LogP contribution >= 0.6 is 0 Å². The Labute approximate surface area is 105 Å². The number of aryl methyl sites for hydroxylation is 2. The smallest absolute Gasteiger partial charge is 0.339 e. The fourth-order valence-electron chi connectivity index (χ4n) is 1.68. The molecule has 0 atom stereocenters. The predicted octanol–water partition coefficient (Wildman–Crippen LogP) is 2.01. The van der Waals surface area contributed by atoms with Crippen LogP contribution in [0.1, 0.15) is 21.7 Å². The highest BCUT2D eigenvalue weighted by Crippen LogP contribution is 2.24. The molecule has 0 aliphatic rings. The zero-order chi connectivity index (χ0) is 13.1. The molecule has 0 saturated carbocycles. The van der Waals surface area contributed by atoms with Crippen LogP contribution < -0.4 is 4.74 Å². The Hall–Kier alpha value is -2.30. The third-order valence-corrected chi connectivity index (χ3v) is 2.71. The largest absolute Gasteiger partial charge is 0.484 e. The average Bonchev–Trinajstić information content (AvgIpc) is 2.73. The van der Waals surface area contributed by atoms with E-state index in [1.807, 2.05) is 30.8 Å². The molecule has 1 N–H and O–H groups in total. The number of hydrogen-bond acceptors (Lipinski definition) is 3. The number of aromatic nitrogens is 2. The summed E-state index contributed by atoms with van der Waals surface area (Å²) in [5.41, 5.74) is 0.966. The number of benzene rings is 1. The number of hydrogen-bond donors (Lipinski definition) is 1. The zero-order valence-corrected chi connectivity index (χ0v) is 10.3. The van der Waals surface area contributed by atoms with Crippen molar-refractivity contribution < 1.29 is 14.6 Å². The number of carboxylic acids is 1. The first-order chi connectivity index (χ1) is 8.59. The molecule has 0 amide bonds. The van der Waals surface area contributed by atoms with E-state index in [2.05, 4.69) is 4.98 Å². The second-order valence-electron chi connectivity index (χ2n) is 4.00. The maximum absolute atomic E-state index is 11.1. The topological polar surface area (TPSA) is 64.3 Å². The molecule has 0 bridgehead atoms. The lowest BCUT2D eigenvalue weighted by atomic mass is 10.1. The third-order valence-electron chi connectivity index (χ3n) is 2.71. The summed E-state index contributed by atoms with van der Waals surface area (Å²) in [6, 6.07) is 5.05. The quantitative estimate of drug-likeness (QED) is 0.896. The Morgan fingerprint density at radius 2 is 2.28 bits per heavy atom. The van der Waals surface area contributed by atoms with Gasteiger partial charge in [0.1, 0.15) is 23.7 Å². The van der Waals surface area contributed by atoms with Gasteiger partial charge in [-0.2, -0.15) is 0 Å². The van der Waals surface area contributed by atoms with Crippen LogP contribution in [0.3, 0.4) is 0 Å². The number of carbonyl (C=O) groups is 1. The van der Waals surface area contributed by atoms with Crippen LogP contribution in [0.25, 0.3) is 0 Å². The van der Waals surface area contributed by atoms with Crippen LogP contribution in [0.5, 0.6) is 5.75 Å². The molecule has 0 fully saturated rings. The molecular formula is C13H14N2O3. The molecule has 0 unspecified atom stereocenters. The molecule has 0 saturated heterocycles. The van der Waals surface area contributed by atoms with E-state index in [0.717, 1.165) is 11.4 Å². The Kier molecular flexibility index (Phi) is 3.32. The van der Waals surface area contributed by atoms with Gasteiger partial charge in [0, 0.05) is 19.4 Å². The first kappa shape index (κ1) is 12.2. The van der Waals surface area contributed by atoms with Gasteiger partial charge in [0.2, 0.25) is 0 Å². The number of imidazole rings is 1. The number of rotatable bonds is 4. The van der Waals surface area contributed by atoms with E-state index in [1.54, 1.807) is 12.3 Å². The van der Waals surface area contributed by atoms with Gasteiger partial charge >= 0.3 is 5.97 Å². The average molecular weight is 246 g/mol. The van der Waals surface area contributed by atoms with Crippen LogP contribution in [0.15, 0.2) is 30.6 Å². The van der Waals surface area contributed by atoms with Crippen LogP contribution in [0, 0.1) is 6.92 Å². The van der Waals surface area contributed by atoms with E-state index in [0.29, 0.717) is 5.75 Å². The molecule has 0 aliphatic heterocycles. The molecule has 1 heterocycles. The summed E-state index contributed by atoms with van der Waals surface area (Å²) in [6.45, 7) is 2.06. The Morgan fingerprint density at radius 3 is 2.89 bits per heavy atom. The van der Waals surface area contributed by atoms with Crippen LogP contribution in [-0.4, -0.2) is 20.6 Å². The molecule has 0 spiro atoms. The fourth-order valence-corrected chi connectivity index (χ4v) is 1.68. The first-order valence-corrected chi connectivity index (χ1v) is 5.51. The van der Waals surface area contributed by atoms with E-state index in [1.165, 1.54) is 6.07 Å². The minimum absolute atomic E-state index is 0.171. The van der Waals surface area contributed by atoms with Crippen molar-refractivity contribution in [1.82, 2.24) is 9.55 Å². The highest BCUT2D eigenvalue weighted by molar-refractivity contribution is 5.91. The first-order valence-electron chi connectivity index (χ1n) is 5.51. The lowest BCUT2D eigenvalue weighted by molar-refractivity contribution is 0.0691. The van der Waals surface area contributed by atoms with Gasteiger partial charge in [-0.05, 0) is 18.6 Å². The van der Waals surface area contributed by atoms with Crippen molar-refractivity contribution in [3.63, 3.8) is 0 Å². The van der Waals surface area contributed by atoms with Crippen molar-refractivity contribution in [1.29, 1.82) is 0 Å². The van der Waals surface area contributed by atoms with E-state index >= 15 is 0 Å². The summed E-state index contributed by atoms with van der Waals surface area (Å²) in [5, 5.41) is 9.10. The van der Waals surface area contributed by atoms with Crippen molar-refractivity contribution in [2.75, 3.05) is 0 Å². The van der Waals surface area contributed by atoms with Crippen molar-refractivity contribution in [3.8, 4) is 5.75 Å². The Bertz CT molecular complexity index is 575. The van der Waals surface area contributed by atoms with Crippen molar-refractivity contribution in [3.05, 3.63) is 47.5 Å². The second kappa shape index (κ2) is 4.91. The lowest BCUT2D eigenvalue weighted by Gasteiger charge is -2.11. The molecule has 0 aliphatic carbocycles. The van der Waals surface area contributed by atoms with E-state index < -0.39 is 5.97 Å². The lowest BCUT2D eigenvalue weighted by Crippen LogP contribution is -2.07. The minimum Gasteiger partial charge on any atom is -0.484 e. The summed E-state index contributed by atoms with van der Waals surface area (Å²) >= 11 is 0. The summed E-state index contributed by atoms with van der Waals surface area (Å²) in [5.74, 6) is 0.149. The van der Waals surface area contributed by atoms with E-state index in [-0.39, 0.29) is 12.2 Å². The van der Waals surface area contributed by atoms with Crippen LogP contribution in [0.4, 0.5) is 0 Å². The number of para-hydroxylation sites is 1. The highest BCUT2D eigenvalue weighted by atomic mass is 16.5. The summed E-state index contributed by atoms with van der Waals surface area (Å²) in [6.07, 6.45) is 3.49. The monoisotopic (exact) mass is 246 g/mol. The van der Waals surface area contributed by atoms with Crippen LogP contribution in [-0.2, 0) is 13.7 Å². The van der Waals surface area contributed by atoms with Gasteiger partial charge in [-0.25, -0.2) is 9.78 Å². The van der Waals surface area contributed by atoms with Crippen molar-refractivity contribution in [2.24, 2.45) is 7.05 Å². The molecule has 5 nitrogen and oxygen atoms in total. The molecule has 94 valence electrons. The van der Waals surface area contributed by atoms with Gasteiger partial charge in [-0.3, -0.25) is 0 Å². The second-order valence-corrected chi connectivity index (χ2v) is 4.00. The number of aromatic carboxylic acids is 1. The van der Waals surface area contributed by atoms with Crippen molar-refractivity contribution in [2.45, 2.75) is 13.5 Å². The van der Waals surface area contributed by atoms with Gasteiger partial charge in [-0.15, -0.1) is 0 Å². The molecular weight excluding hydrogens is 232 g/mol. The van der Waals surface area contributed by atoms with Crippen molar-refractivity contribution >= 4 is 5.97 Å². The maximum Gasteiger partial charge on any atom is 0.339 e. The molecule has 2 rings (SSSR count). The predicted molar refractivity (Wildman–Crippen MR) is 65.7 cm³/mol. The SMILES string of the molecule is Cc1cccc(C(=O)O)c1OCc1nccn1C. The maximum atomic E-state index is 11.1. The number of ether oxygens (including phenoxy) is 1. The standard InChI is InChI=1S/C13H14N2O3/c1-9-4-3-5-10(13(16)17)12(9)18-8-11-14-6-7-15(11)2/h3-7H,8H2,1-2H3,(H,16,17). The Balaban J connectivity index is 2.24. The molecule has 1 aromatic carbocycles. The molecule has 1 aromatic heterocycles. The Morgan fingerprint density at radius 1 is 1.50 bits per heavy atom. The molecule has 2 aromatic rings. The summed E-state index contributed by atoms with van der Waals surface area (Å²) < 4.78 is 7.42. The van der Waals surface area contributed by atoms with Gasteiger partial charge in [0.15, 0.2) is 0 Å².